The van der Waals surface area contributed by atoms with E-state index in [-0.39, 0.29) is 0 Å². The maximum absolute atomic E-state index is 6.08. The lowest BCUT2D eigenvalue weighted by Crippen LogP contribution is -2.12. The fraction of sp³-hybridized carbons (Fsp3) is 0.263. The molecule has 0 saturated heterocycles. The van der Waals surface area contributed by atoms with E-state index in [1.165, 1.54) is 5.56 Å². The van der Waals surface area contributed by atoms with Crippen LogP contribution in [0.1, 0.15) is 23.6 Å². The first-order valence-electron chi connectivity index (χ1n) is 8.38. The largest absolute Gasteiger partial charge is 0.490 e. The van der Waals surface area contributed by atoms with Crippen LogP contribution in [0.25, 0.3) is 0 Å². The van der Waals surface area contributed by atoms with Gasteiger partial charge in [-0.25, -0.2) is 4.68 Å². The molecule has 0 fully saturated rings. The normalized spacial score (nSPS) is 10.6. The van der Waals surface area contributed by atoms with E-state index in [2.05, 4.69) is 50.6 Å². The molecule has 136 valence electrons. The maximum Gasteiger partial charge on any atom is 0.175 e. The summed E-state index contributed by atoms with van der Waals surface area (Å²) in [6, 6.07) is 12.2. The second-order valence-corrected chi connectivity index (χ2v) is 6.61. The van der Waals surface area contributed by atoms with Crippen LogP contribution in [0.5, 0.6) is 11.5 Å². The van der Waals surface area contributed by atoms with Crippen molar-refractivity contribution in [3.8, 4) is 11.5 Å². The lowest BCUT2D eigenvalue weighted by atomic mass is 10.1. The second kappa shape index (κ2) is 8.71. The molecule has 2 aromatic carbocycles. The van der Waals surface area contributed by atoms with Crippen LogP contribution in [0.4, 0.5) is 0 Å². The Morgan fingerprint density at radius 1 is 1.12 bits per heavy atom. The van der Waals surface area contributed by atoms with Crippen molar-refractivity contribution in [3.63, 3.8) is 0 Å². The van der Waals surface area contributed by atoms with Gasteiger partial charge in [0.2, 0.25) is 0 Å². The smallest absolute Gasteiger partial charge is 0.175 e. The summed E-state index contributed by atoms with van der Waals surface area (Å²) < 4.78 is 14.4. The number of aryl methyl sites for hydroxylation is 1. The molecule has 26 heavy (non-hydrogen) atoms. The van der Waals surface area contributed by atoms with E-state index in [1.54, 1.807) is 17.3 Å². The first kappa shape index (κ1) is 18.3. The Morgan fingerprint density at radius 2 is 1.88 bits per heavy atom. The van der Waals surface area contributed by atoms with Gasteiger partial charge in [-0.1, -0.05) is 24.3 Å². The standard InChI is InChI=1S/C19H21BrN4O2/c1-3-25-18-9-15(10-23-24-12-21-22-13-24)8-17(20)19(18)26-11-16-7-5-4-6-14(16)2/h4-9,12-13,23H,3,10-11H2,1-2H3. The van der Waals surface area contributed by atoms with Gasteiger partial charge >= 0.3 is 0 Å². The molecule has 0 radical (unpaired) electrons. The van der Waals surface area contributed by atoms with Crippen LogP contribution in [-0.4, -0.2) is 21.5 Å². The zero-order valence-electron chi connectivity index (χ0n) is 14.8. The number of hydrogen-bond donors (Lipinski definition) is 1. The quantitative estimate of drug-likeness (QED) is 0.599. The third-order valence-corrected chi connectivity index (χ3v) is 4.48. The summed E-state index contributed by atoms with van der Waals surface area (Å²) in [5, 5.41) is 7.54. The first-order valence-corrected chi connectivity index (χ1v) is 9.17. The Bertz CT molecular complexity index is 853. The van der Waals surface area contributed by atoms with E-state index in [4.69, 9.17) is 9.47 Å². The molecule has 3 aromatic rings. The van der Waals surface area contributed by atoms with Crippen LogP contribution in [-0.2, 0) is 13.2 Å². The second-order valence-electron chi connectivity index (χ2n) is 5.76. The predicted octanol–water partition coefficient (Wildman–Crippen LogP) is 4.07. The molecular weight excluding hydrogens is 396 g/mol. The Labute approximate surface area is 161 Å². The van der Waals surface area contributed by atoms with Gasteiger partial charge < -0.3 is 14.9 Å². The van der Waals surface area contributed by atoms with Crippen LogP contribution >= 0.6 is 15.9 Å². The number of nitrogens with one attached hydrogen (secondary N) is 1. The molecule has 0 saturated carbocycles. The van der Waals surface area contributed by atoms with Crippen molar-refractivity contribution in [2.75, 3.05) is 12.0 Å². The van der Waals surface area contributed by atoms with Crippen LogP contribution in [0.3, 0.4) is 0 Å². The number of halogens is 1. The third-order valence-electron chi connectivity index (χ3n) is 3.89. The summed E-state index contributed by atoms with van der Waals surface area (Å²) in [5.74, 6) is 1.43. The van der Waals surface area contributed by atoms with Crippen molar-refractivity contribution >= 4 is 15.9 Å². The molecule has 0 atom stereocenters. The molecular formula is C19H21BrN4O2. The number of nitrogens with zero attached hydrogens (tertiary/aromatic N) is 3. The summed E-state index contributed by atoms with van der Waals surface area (Å²) in [4.78, 5) is 0. The molecule has 3 rings (SSSR count). The molecule has 0 spiro atoms. The lowest BCUT2D eigenvalue weighted by Gasteiger charge is -2.16. The van der Waals surface area contributed by atoms with Gasteiger partial charge in [0.25, 0.3) is 0 Å². The number of rotatable bonds is 8. The van der Waals surface area contributed by atoms with Crippen LogP contribution in [0.15, 0.2) is 53.5 Å². The molecule has 1 heterocycles. The summed E-state index contributed by atoms with van der Waals surface area (Å²) in [6.45, 7) is 5.70. The van der Waals surface area contributed by atoms with Crippen LogP contribution in [0, 0.1) is 6.92 Å². The monoisotopic (exact) mass is 416 g/mol. The third kappa shape index (κ3) is 4.54. The minimum Gasteiger partial charge on any atom is -0.490 e. The summed E-state index contributed by atoms with van der Waals surface area (Å²) >= 11 is 3.61. The Hall–Kier alpha value is -2.54. The van der Waals surface area contributed by atoms with E-state index in [0.29, 0.717) is 25.5 Å². The van der Waals surface area contributed by atoms with E-state index < -0.39 is 0 Å². The molecule has 7 heteroatoms. The van der Waals surface area contributed by atoms with Crippen molar-refractivity contribution in [1.82, 2.24) is 14.9 Å². The number of hydrogen-bond acceptors (Lipinski definition) is 5. The lowest BCUT2D eigenvalue weighted by molar-refractivity contribution is 0.267. The van der Waals surface area contributed by atoms with Gasteiger partial charge in [-0.05, 0) is 58.6 Å². The summed E-state index contributed by atoms with van der Waals surface area (Å²) in [5.41, 5.74) is 6.61. The fourth-order valence-corrected chi connectivity index (χ4v) is 3.12. The molecule has 1 aromatic heterocycles. The van der Waals surface area contributed by atoms with E-state index in [9.17, 15) is 0 Å². The molecule has 0 aliphatic rings. The van der Waals surface area contributed by atoms with Crippen molar-refractivity contribution in [1.29, 1.82) is 0 Å². The molecule has 0 aliphatic heterocycles. The first-order chi connectivity index (χ1) is 12.7. The van der Waals surface area contributed by atoms with Crippen LogP contribution in [0.2, 0.25) is 0 Å². The zero-order valence-corrected chi connectivity index (χ0v) is 16.4. The van der Waals surface area contributed by atoms with Crippen molar-refractivity contribution in [2.45, 2.75) is 27.0 Å². The minimum atomic E-state index is 0.490. The summed E-state index contributed by atoms with van der Waals surface area (Å²) in [7, 11) is 0. The fourth-order valence-electron chi connectivity index (χ4n) is 2.51. The van der Waals surface area contributed by atoms with Crippen molar-refractivity contribution in [2.24, 2.45) is 0 Å². The highest BCUT2D eigenvalue weighted by molar-refractivity contribution is 9.10. The number of benzene rings is 2. The Morgan fingerprint density at radius 3 is 2.62 bits per heavy atom. The highest BCUT2D eigenvalue weighted by Crippen LogP contribution is 2.37. The van der Waals surface area contributed by atoms with Crippen molar-refractivity contribution < 1.29 is 9.47 Å². The average Bonchev–Trinajstić information content (AvgIpc) is 3.14. The molecule has 6 nitrogen and oxygen atoms in total. The van der Waals surface area contributed by atoms with E-state index >= 15 is 0 Å². The van der Waals surface area contributed by atoms with Gasteiger partial charge in [0.05, 0.1) is 17.6 Å². The Balaban J connectivity index is 1.76. The van der Waals surface area contributed by atoms with E-state index in [1.807, 2.05) is 31.2 Å². The number of ether oxygens (including phenoxy) is 2. The molecule has 0 amide bonds. The van der Waals surface area contributed by atoms with Gasteiger partial charge in [0.15, 0.2) is 11.5 Å². The number of aromatic nitrogens is 3. The predicted molar refractivity (Wildman–Crippen MR) is 104 cm³/mol. The highest BCUT2D eigenvalue weighted by atomic mass is 79.9. The highest BCUT2D eigenvalue weighted by Gasteiger charge is 2.13. The molecule has 0 bridgehead atoms. The van der Waals surface area contributed by atoms with Gasteiger partial charge in [0.1, 0.15) is 19.3 Å². The summed E-state index contributed by atoms with van der Waals surface area (Å²) in [6.07, 6.45) is 3.22. The zero-order chi connectivity index (χ0) is 18.4. The van der Waals surface area contributed by atoms with Crippen LogP contribution < -0.4 is 14.9 Å². The van der Waals surface area contributed by atoms with Gasteiger partial charge in [-0.3, -0.25) is 0 Å². The van der Waals surface area contributed by atoms with E-state index in [0.717, 1.165) is 21.3 Å². The SMILES string of the molecule is CCOc1cc(CNn2cnnc2)cc(Br)c1OCc1ccccc1C. The Kier molecular flexibility index (Phi) is 6.12. The van der Waals surface area contributed by atoms with Crippen molar-refractivity contribution in [3.05, 3.63) is 70.2 Å². The topological polar surface area (TPSA) is 61.2 Å². The van der Waals surface area contributed by atoms with Gasteiger partial charge in [-0.2, -0.15) is 0 Å². The maximum atomic E-state index is 6.08. The molecule has 1 N–H and O–H groups in total. The van der Waals surface area contributed by atoms with Gasteiger partial charge in [0, 0.05) is 0 Å². The minimum absolute atomic E-state index is 0.490. The average molecular weight is 417 g/mol. The molecule has 0 unspecified atom stereocenters. The van der Waals surface area contributed by atoms with Gasteiger partial charge in [-0.15, -0.1) is 10.2 Å². The molecule has 0 aliphatic carbocycles.